The number of likely N-dealkylation sites (tertiary alicyclic amines) is 1. The summed E-state index contributed by atoms with van der Waals surface area (Å²) in [7, 11) is 0. The van der Waals surface area contributed by atoms with Gasteiger partial charge >= 0.3 is 0 Å². The van der Waals surface area contributed by atoms with E-state index in [0.717, 1.165) is 31.5 Å². The van der Waals surface area contributed by atoms with Crippen LogP contribution in [0.2, 0.25) is 0 Å². The first-order valence-corrected chi connectivity index (χ1v) is 6.56. The molecule has 1 saturated heterocycles. The molecule has 0 unspecified atom stereocenters. The Morgan fingerprint density at radius 3 is 2.58 bits per heavy atom. The molecule has 5 nitrogen and oxygen atoms in total. The van der Waals surface area contributed by atoms with Crippen LogP contribution in [-0.4, -0.2) is 34.8 Å². The van der Waals surface area contributed by atoms with Gasteiger partial charge in [0.2, 0.25) is 11.8 Å². The average Bonchev–Trinajstić information content (AvgIpc) is 2.39. The number of piperidine rings is 1. The summed E-state index contributed by atoms with van der Waals surface area (Å²) in [5, 5.41) is 2.77. The Kier molecular flexibility index (Phi) is 4.14. The number of nitrogens with one attached hydrogen (secondary N) is 1. The fraction of sp³-hybridized carbons (Fsp3) is 0.500. The number of anilines is 1. The van der Waals surface area contributed by atoms with Crippen molar-refractivity contribution in [3.05, 3.63) is 23.9 Å². The van der Waals surface area contributed by atoms with Gasteiger partial charge in [-0.2, -0.15) is 0 Å². The van der Waals surface area contributed by atoms with Crippen molar-refractivity contribution in [1.82, 2.24) is 9.88 Å². The van der Waals surface area contributed by atoms with E-state index < -0.39 is 0 Å². The van der Waals surface area contributed by atoms with Crippen molar-refractivity contribution in [3.8, 4) is 0 Å². The van der Waals surface area contributed by atoms with Crippen LogP contribution in [0, 0.1) is 0 Å². The van der Waals surface area contributed by atoms with Gasteiger partial charge in [-0.25, -0.2) is 4.98 Å². The van der Waals surface area contributed by atoms with Crippen LogP contribution in [0.4, 0.5) is 5.82 Å². The van der Waals surface area contributed by atoms with Gasteiger partial charge in [-0.1, -0.05) is 6.07 Å². The molecule has 2 heterocycles. The molecule has 2 amide bonds. The Labute approximate surface area is 113 Å². The molecule has 1 aliphatic rings. The minimum atomic E-state index is -0.110. The van der Waals surface area contributed by atoms with E-state index in [-0.39, 0.29) is 11.8 Å². The first-order valence-electron chi connectivity index (χ1n) is 6.56. The Balaban J connectivity index is 2.11. The molecule has 0 atom stereocenters. The highest BCUT2D eigenvalue weighted by Gasteiger charge is 2.24. The molecule has 102 valence electrons. The maximum atomic E-state index is 11.3. The van der Waals surface area contributed by atoms with E-state index in [1.165, 1.54) is 6.92 Å². The van der Waals surface area contributed by atoms with Crippen molar-refractivity contribution in [2.75, 3.05) is 18.4 Å². The molecule has 5 heteroatoms. The van der Waals surface area contributed by atoms with Gasteiger partial charge in [0.05, 0.1) is 0 Å². The summed E-state index contributed by atoms with van der Waals surface area (Å²) in [4.78, 5) is 28.6. The van der Waals surface area contributed by atoms with Crippen LogP contribution >= 0.6 is 0 Å². The van der Waals surface area contributed by atoms with Gasteiger partial charge in [-0.05, 0) is 30.4 Å². The fourth-order valence-electron chi connectivity index (χ4n) is 2.52. The van der Waals surface area contributed by atoms with E-state index in [9.17, 15) is 9.59 Å². The minimum Gasteiger partial charge on any atom is -0.343 e. The first-order chi connectivity index (χ1) is 9.08. The van der Waals surface area contributed by atoms with Gasteiger partial charge in [0, 0.05) is 33.1 Å². The van der Waals surface area contributed by atoms with Crippen LogP contribution in [0.25, 0.3) is 0 Å². The van der Waals surface area contributed by atoms with E-state index in [1.807, 2.05) is 17.0 Å². The van der Waals surface area contributed by atoms with Crippen molar-refractivity contribution in [3.63, 3.8) is 0 Å². The number of carbonyl (C=O) groups excluding carboxylic acids is 2. The number of nitrogens with zero attached hydrogens (tertiary/aromatic N) is 2. The number of hydrogen-bond donors (Lipinski definition) is 1. The van der Waals surface area contributed by atoms with Crippen LogP contribution in [0.3, 0.4) is 0 Å². The lowest BCUT2D eigenvalue weighted by atomic mass is 9.89. The molecule has 0 aromatic carbocycles. The Bertz CT molecular complexity index is 479. The molecule has 1 aliphatic heterocycles. The molecule has 0 saturated carbocycles. The van der Waals surface area contributed by atoms with E-state index in [1.54, 1.807) is 13.1 Å². The molecular formula is C14H19N3O2. The molecule has 1 N–H and O–H groups in total. The third kappa shape index (κ3) is 3.30. The Morgan fingerprint density at radius 2 is 2.00 bits per heavy atom. The van der Waals surface area contributed by atoms with Gasteiger partial charge in [0.25, 0.3) is 0 Å². The zero-order valence-corrected chi connectivity index (χ0v) is 11.3. The van der Waals surface area contributed by atoms with Gasteiger partial charge < -0.3 is 10.2 Å². The number of aromatic nitrogens is 1. The molecular weight excluding hydrogens is 242 g/mol. The number of pyridine rings is 1. The van der Waals surface area contributed by atoms with Crippen molar-refractivity contribution >= 4 is 17.6 Å². The van der Waals surface area contributed by atoms with Crippen molar-refractivity contribution < 1.29 is 9.59 Å². The normalized spacial score (nSPS) is 16.2. The Hall–Kier alpha value is -1.91. The highest BCUT2D eigenvalue weighted by molar-refractivity contribution is 5.88. The maximum absolute atomic E-state index is 11.3. The number of amides is 2. The lowest BCUT2D eigenvalue weighted by Crippen LogP contribution is -2.36. The second-order valence-electron chi connectivity index (χ2n) is 4.90. The third-order valence-corrected chi connectivity index (χ3v) is 3.51. The van der Waals surface area contributed by atoms with Gasteiger partial charge in [0.1, 0.15) is 5.82 Å². The lowest BCUT2D eigenvalue weighted by molar-refractivity contribution is -0.129. The van der Waals surface area contributed by atoms with Crippen molar-refractivity contribution in [2.45, 2.75) is 32.6 Å². The number of carbonyl (C=O) groups is 2. The largest absolute Gasteiger partial charge is 0.343 e. The second-order valence-corrected chi connectivity index (χ2v) is 4.90. The smallest absolute Gasteiger partial charge is 0.222 e. The second kappa shape index (κ2) is 5.82. The van der Waals surface area contributed by atoms with E-state index in [4.69, 9.17) is 0 Å². The third-order valence-electron chi connectivity index (χ3n) is 3.51. The van der Waals surface area contributed by atoms with Crippen LogP contribution in [-0.2, 0) is 9.59 Å². The van der Waals surface area contributed by atoms with Gasteiger partial charge in [-0.3, -0.25) is 9.59 Å². The molecule has 0 radical (unpaired) electrons. The van der Waals surface area contributed by atoms with Crippen LogP contribution in [0.1, 0.15) is 38.2 Å². The monoisotopic (exact) mass is 261 g/mol. The summed E-state index contributed by atoms with van der Waals surface area (Å²) in [6.45, 7) is 4.63. The summed E-state index contributed by atoms with van der Waals surface area (Å²) < 4.78 is 0. The quantitative estimate of drug-likeness (QED) is 0.882. The van der Waals surface area contributed by atoms with Gasteiger partial charge in [-0.15, -0.1) is 0 Å². The van der Waals surface area contributed by atoms with Crippen LogP contribution < -0.4 is 5.32 Å². The summed E-state index contributed by atoms with van der Waals surface area (Å²) in [5.41, 5.74) is 1.07. The molecule has 1 fully saturated rings. The fourth-order valence-corrected chi connectivity index (χ4v) is 2.52. The van der Waals surface area contributed by atoms with Crippen LogP contribution in [0.5, 0.6) is 0 Å². The van der Waals surface area contributed by atoms with E-state index in [0.29, 0.717) is 11.7 Å². The van der Waals surface area contributed by atoms with E-state index in [2.05, 4.69) is 10.3 Å². The summed E-state index contributed by atoms with van der Waals surface area (Å²) >= 11 is 0. The predicted octanol–water partition coefficient (Wildman–Crippen LogP) is 1.77. The zero-order valence-electron chi connectivity index (χ0n) is 11.3. The van der Waals surface area contributed by atoms with E-state index >= 15 is 0 Å². The highest BCUT2D eigenvalue weighted by atomic mass is 16.2. The predicted molar refractivity (Wildman–Crippen MR) is 72.8 cm³/mol. The first kappa shape index (κ1) is 13.5. The summed E-state index contributed by atoms with van der Waals surface area (Å²) in [6.07, 6.45) is 3.51. The standard InChI is InChI=1S/C14H19N3O2/c1-10(18)16-14-13(4-3-7-15-14)12-5-8-17(9-6-12)11(2)19/h3-4,7,12H,5-6,8-9H2,1-2H3,(H,15,16,18). The molecule has 19 heavy (non-hydrogen) atoms. The molecule has 1 aromatic heterocycles. The highest BCUT2D eigenvalue weighted by Crippen LogP contribution is 2.31. The SMILES string of the molecule is CC(=O)Nc1ncccc1C1CCN(C(C)=O)CC1. The molecule has 0 spiro atoms. The number of hydrogen-bond acceptors (Lipinski definition) is 3. The molecule has 0 bridgehead atoms. The molecule has 0 aliphatic carbocycles. The molecule has 1 aromatic rings. The molecule has 2 rings (SSSR count). The lowest BCUT2D eigenvalue weighted by Gasteiger charge is -2.32. The Morgan fingerprint density at radius 1 is 1.32 bits per heavy atom. The number of rotatable bonds is 2. The van der Waals surface area contributed by atoms with Crippen molar-refractivity contribution in [2.24, 2.45) is 0 Å². The van der Waals surface area contributed by atoms with Crippen LogP contribution in [0.15, 0.2) is 18.3 Å². The summed E-state index contributed by atoms with van der Waals surface area (Å²) in [5.74, 6) is 1.02. The zero-order chi connectivity index (χ0) is 13.8. The maximum Gasteiger partial charge on any atom is 0.222 e. The van der Waals surface area contributed by atoms with Gasteiger partial charge in [0.15, 0.2) is 0 Å². The summed E-state index contributed by atoms with van der Waals surface area (Å²) in [6, 6.07) is 3.89. The minimum absolute atomic E-state index is 0.110. The average molecular weight is 261 g/mol. The topological polar surface area (TPSA) is 62.3 Å². The van der Waals surface area contributed by atoms with Crippen molar-refractivity contribution in [1.29, 1.82) is 0 Å².